The first kappa shape index (κ1) is 29.4. The maximum absolute atomic E-state index is 12.6. The highest BCUT2D eigenvalue weighted by atomic mass is 35.5. The third-order valence-corrected chi connectivity index (χ3v) is 4.60. The Morgan fingerprint density at radius 3 is 1.97 bits per heavy atom. The molecule has 0 aliphatic heterocycles. The SMILES string of the molecule is CNCCC(Oc1ccc(C(F)(F)F)cc1)c1ccccc1.Cl.O=C(O)c1cc(O)c(O)c(O)c1. The standard InChI is InChI=1S/C17H18F3NO.C7H6O5.ClH/c1-21-12-11-16(13-5-3-2-4-6-13)22-15-9-7-14(8-10-15)17(18,19)20;8-4-1-3(7(11)12)2-5(9)6(4)10;/h2-10,16,21H,11-12H2,1H3;1-2,8-10H,(H,11,12);1H. The van der Waals surface area contributed by atoms with Crippen molar-refractivity contribution in [2.45, 2.75) is 18.7 Å². The second-order valence-electron chi connectivity index (χ2n) is 7.10. The van der Waals surface area contributed by atoms with Gasteiger partial charge in [0.15, 0.2) is 17.2 Å². The van der Waals surface area contributed by atoms with E-state index in [9.17, 15) is 18.0 Å². The van der Waals surface area contributed by atoms with E-state index in [1.54, 1.807) is 0 Å². The molecule has 190 valence electrons. The van der Waals surface area contributed by atoms with Gasteiger partial charge in [-0.15, -0.1) is 12.4 Å². The first-order chi connectivity index (χ1) is 16.0. The van der Waals surface area contributed by atoms with Crippen LogP contribution in [0.5, 0.6) is 23.0 Å². The third-order valence-electron chi connectivity index (χ3n) is 4.60. The van der Waals surface area contributed by atoms with E-state index >= 15 is 0 Å². The van der Waals surface area contributed by atoms with Crippen LogP contribution in [0.15, 0.2) is 66.7 Å². The van der Waals surface area contributed by atoms with Crippen LogP contribution in [0, 0.1) is 0 Å². The molecule has 1 atom stereocenters. The van der Waals surface area contributed by atoms with Crippen molar-refractivity contribution in [3.05, 3.63) is 83.4 Å². The Labute approximate surface area is 205 Å². The number of ether oxygens (including phenoxy) is 1. The highest BCUT2D eigenvalue weighted by Crippen LogP contribution is 2.35. The first-order valence-corrected chi connectivity index (χ1v) is 10.0. The second kappa shape index (κ2) is 13.3. The lowest BCUT2D eigenvalue weighted by Gasteiger charge is -2.20. The van der Waals surface area contributed by atoms with Crippen molar-refractivity contribution in [3.8, 4) is 23.0 Å². The lowest BCUT2D eigenvalue weighted by atomic mass is 10.1. The molecule has 11 heteroatoms. The molecule has 0 bridgehead atoms. The summed E-state index contributed by atoms with van der Waals surface area (Å²) in [6.45, 7) is 0.750. The van der Waals surface area contributed by atoms with Gasteiger partial charge in [-0.1, -0.05) is 30.3 Å². The number of carboxylic acid groups (broad SMARTS) is 1. The van der Waals surface area contributed by atoms with Crippen molar-refractivity contribution in [1.29, 1.82) is 0 Å². The molecule has 0 aromatic heterocycles. The summed E-state index contributed by atoms with van der Waals surface area (Å²) in [6.07, 6.45) is -3.81. The number of rotatable bonds is 7. The predicted octanol–water partition coefficient (Wildman–Crippen LogP) is 5.36. The van der Waals surface area contributed by atoms with Gasteiger partial charge < -0.3 is 30.5 Å². The molecule has 0 spiro atoms. The molecule has 0 amide bonds. The van der Waals surface area contributed by atoms with Gasteiger partial charge >= 0.3 is 12.1 Å². The van der Waals surface area contributed by atoms with E-state index < -0.39 is 35.0 Å². The van der Waals surface area contributed by atoms with Gasteiger partial charge in [-0.2, -0.15) is 13.2 Å². The average Bonchev–Trinajstić information content (AvgIpc) is 2.80. The van der Waals surface area contributed by atoms with Gasteiger partial charge in [0.2, 0.25) is 0 Å². The predicted molar refractivity (Wildman–Crippen MR) is 125 cm³/mol. The van der Waals surface area contributed by atoms with Gasteiger partial charge in [0, 0.05) is 6.42 Å². The molecule has 0 aliphatic rings. The smallest absolute Gasteiger partial charge is 0.416 e. The van der Waals surface area contributed by atoms with E-state index in [2.05, 4.69) is 5.32 Å². The van der Waals surface area contributed by atoms with Crippen molar-refractivity contribution < 1.29 is 43.1 Å². The van der Waals surface area contributed by atoms with Crippen LogP contribution >= 0.6 is 12.4 Å². The number of benzene rings is 3. The minimum absolute atomic E-state index is 0. The van der Waals surface area contributed by atoms with Crippen LogP contribution in [0.1, 0.15) is 34.0 Å². The fourth-order valence-corrected chi connectivity index (χ4v) is 2.85. The normalized spacial score (nSPS) is 11.4. The van der Waals surface area contributed by atoms with Crippen LogP contribution in [-0.2, 0) is 6.18 Å². The number of alkyl halides is 3. The molecule has 35 heavy (non-hydrogen) atoms. The molecule has 3 aromatic carbocycles. The van der Waals surface area contributed by atoms with E-state index in [4.69, 9.17) is 25.2 Å². The van der Waals surface area contributed by atoms with Gasteiger partial charge in [0.05, 0.1) is 11.1 Å². The van der Waals surface area contributed by atoms with Gasteiger partial charge in [-0.3, -0.25) is 0 Å². The number of hydrogen-bond donors (Lipinski definition) is 5. The maximum Gasteiger partial charge on any atom is 0.416 e. The number of nitrogens with one attached hydrogen (secondary N) is 1. The zero-order chi connectivity index (χ0) is 25.3. The van der Waals surface area contributed by atoms with Crippen molar-refractivity contribution in [3.63, 3.8) is 0 Å². The Kier molecular flexibility index (Phi) is 11.2. The summed E-state index contributed by atoms with van der Waals surface area (Å²) in [5.74, 6) is -2.90. The molecule has 3 rings (SSSR count). The van der Waals surface area contributed by atoms with Gasteiger partial charge in [-0.05, 0) is 55.6 Å². The average molecular weight is 516 g/mol. The monoisotopic (exact) mass is 515 g/mol. The molecule has 3 aromatic rings. The molecule has 0 saturated heterocycles. The molecule has 0 aliphatic carbocycles. The van der Waals surface area contributed by atoms with E-state index in [1.165, 1.54) is 12.1 Å². The Morgan fingerprint density at radius 2 is 1.51 bits per heavy atom. The van der Waals surface area contributed by atoms with Crippen LogP contribution in [0.2, 0.25) is 0 Å². The molecule has 0 saturated carbocycles. The fraction of sp³-hybridized carbons (Fsp3) is 0.208. The molecule has 0 fully saturated rings. The lowest BCUT2D eigenvalue weighted by Crippen LogP contribution is -2.16. The molecular weight excluding hydrogens is 491 g/mol. The minimum atomic E-state index is -4.33. The summed E-state index contributed by atoms with van der Waals surface area (Å²) >= 11 is 0. The Morgan fingerprint density at radius 1 is 0.971 bits per heavy atom. The van der Waals surface area contributed by atoms with Crippen molar-refractivity contribution in [2.24, 2.45) is 0 Å². The maximum atomic E-state index is 12.6. The van der Waals surface area contributed by atoms with E-state index in [0.29, 0.717) is 5.75 Å². The van der Waals surface area contributed by atoms with Gasteiger partial charge in [-0.25, -0.2) is 4.79 Å². The molecule has 0 heterocycles. The van der Waals surface area contributed by atoms with Crippen LogP contribution in [0.3, 0.4) is 0 Å². The summed E-state index contributed by atoms with van der Waals surface area (Å²) in [5, 5.41) is 38.0. The number of carbonyl (C=O) groups is 1. The summed E-state index contributed by atoms with van der Waals surface area (Å²) in [7, 11) is 1.85. The highest BCUT2D eigenvalue weighted by Gasteiger charge is 2.30. The van der Waals surface area contributed by atoms with Gasteiger partial charge in [0.25, 0.3) is 0 Å². The fourth-order valence-electron chi connectivity index (χ4n) is 2.85. The zero-order valence-electron chi connectivity index (χ0n) is 18.5. The largest absolute Gasteiger partial charge is 0.504 e. The Bertz CT molecular complexity index is 1060. The zero-order valence-corrected chi connectivity index (χ0v) is 19.3. The lowest BCUT2D eigenvalue weighted by molar-refractivity contribution is -0.137. The van der Waals surface area contributed by atoms with Crippen LogP contribution in [0.25, 0.3) is 0 Å². The van der Waals surface area contributed by atoms with E-state index in [-0.39, 0.29) is 24.1 Å². The van der Waals surface area contributed by atoms with Crippen LogP contribution in [-0.4, -0.2) is 40.0 Å². The van der Waals surface area contributed by atoms with Crippen LogP contribution in [0.4, 0.5) is 13.2 Å². The molecule has 0 radical (unpaired) electrons. The van der Waals surface area contributed by atoms with E-state index in [0.717, 1.165) is 42.8 Å². The van der Waals surface area contributed by atoms with Crippen molar-refractivity contribution >= 4 is 18.4 Å². The number of aromatic hydroxyl groups is 3. The number of halogens is 4. The molecule has 7 nitrogen and oxygen atoms in total. The summed E-state index contributed by atoms with van der Waals surface area (Å²) in [6, 6.07) is 16.1. The quantitative estimate of drug-likeness (QED) is 0.269. The summed E-state index contributed by atoms with van der Waals surface area (Å²) in [4.78, 5) is 10.3. The van der Waals surface area contributed by atoms with Gasteiger partial charge in [0.1, 0.15) is 11.9 Å². The first-order valence-electron chi connectivity index (χ1n) is 10.0. The molecule has 1 unspecified atom stereocenters. The highest BCUT2D eigenvalue weighted by molar-refractivity contribution is 5.89. The number of hydrogen-bond acceptors (Lipinski definition) is 6. The Balaban J connectivity index is 0.000000401. The number of phenolic OH excluding ortho intramolecular Hbond substituents is 3. The number of phenols is 3. The molecular formula is C24H25ClF3NO6. The summed E-state index contributed by atoms with van der Waals surface area (Å²) < 4.78 is 43.6. The van der Waals surface area contributed by atoms with Crippen molar-refractivity contribution in [1.82, 2.24) is 5.32 Å². The number of aromatic carboxylic acids is 1. The second-order valence-corrected chi connectivity index (χ2v) is 7.10. The van der Waals surface area contributed by atoms with Crippen LogP contribution < -0.4 is 10.1 Å². The Hall–Kier alpha value is -3.63. The minimum Gasteiger partial charge on any atom is -0.504 e. The summed E-state index contributed by atoms with van der Waals surface area (Å²) in [5.41, 5.74) is 0.0341. The van der Waals surface area contributed by atoms with E-state index in [1.807, 2.05) is 37.4 Å². The molecule has 5 N–H and O–H groups in total. The topological polar surface area (TPSA) is 119 Å². The third kappa shape index (κ3) is 8.91. The van der Waals surface area contributed by atoms with Crippen molar-refractivity contribution in [2.75, 3.05) is 13.6 Å². The number of carboxylic acids is 1.